The highest BCUT2D eigenvalue weighted by molar-refractivity contribution is 6.30. The number of rotatable bonds is 7. The van der Waals surface area contributed by atoms with E-state index in [1.54, 1.807) is 48.7 Å². The van der Waals surface area contributed by atoms with Crippen LogP contribution in [-0.4, -0.2) is 48.3 Å². The lowest BCUT2D eigenvalue weighted by Gasteiger charge is -2.27. The van der Waals surface area contributed by atoms with Crippen LogP contribution in [-0.2, 0) is 20.8 Å². The Kier molecular flexibility index (Phi) is 6.38. The lowest BCUT2D eigenvalue weighted by Crippen LogP contribution is -2.45. The third kappa shape index (κ3) is 4.44. The summed E-state index contributed by atoms with van der Waals surface area (Å²) in [5.74, 6) is -1.71. The number of halogens is 1. The zero-order chi connectivity index (χ0) is 22.7. The number of hydrogen-bond acceptors (Lipinski definition) is 6. The van der Waals surface area contributed by atoms with Crippen LogP contribution in [0.3, 0.4) is 0 Å². The van der Waals surface area contributed by atoms with Crippen LogP contribution in [0.5, 0.6) is 0 Å². The average Bonchev–Trinajstić information content (AvgIpc) is 3.24. The summed E-state index contributed by atoms with van der Waals surface area (Å²) in [6, 6.07) is 12.3. The van der Waals surface area contributed by atoms with Crippen molar-refractivity contribution in [2.24, 2.45) is 0 Å². The predicted molar refractivity (Wildman–Crippen MR) is 120 cm³/mol. The van der Waals surface area contributed by atoms with Crippen LogP contribution in [0.4, 0.5) is 0 Å². The van der Waals surface area contributed by atoms with Crippen molar-refractivity contribution in [2.45, 2.75) is 18.6 Å². The first-order chi connectivity index (χ1) is 15.4. The summed E-state index contributed by atoms with van der Waals surface area (Å²) >= 11 is 5.97. The Bertz CT molecular complexity index is 1220. The lowest BCUT2D eigenvalue weighted by molar-refractivity contribution is -0.238. The number of carbonyl (C=O) groups is 1. The topological polar surface area (TPSA) is 91.7 Å². The standard InChI is InChI=1S/C23H22ClN3O5/c1-30-19-9-10-23(31-2,32-19)14-26-21(28)18-12-16-4-3-11-25-20(16)27(22(18)29)13-15-5-7-17(24)8-6-15/h3-12,19H,13-14H2,1-2H3,(H,26,28). The molecule has 0 radical (unpaired) electrons. The van der Waals surface area contributed by atoms with Gasteiger partial charge in [0.25, 0.3) is 11.5 Å². The van der Waals surface area contributed by atoms with Gasteiger partial charge in [0.05, 0.1) is 13.1 Å². The molecule has 0 aliphatic carbocycles. The van der Waals surface area contributed by atoms with E-state index in [2.05, 4.69) is 10.3 Å². The van der Waals surface area contributed by atoms with E-state index in [9.17, 15) is 9.59 Å². The first kappa shape index (κ1) is 22.2. The second kappa shape index (κ2) is 9.22. The average molecular weight is 456 g/mol. The van der Waals surface area contributed by atoms with Crippen molar-refractivity contribution in [2.75, 3.05) is 20.8 Å². The molecule has 0 saturated heterocycles. The monoisotopic (exact) mass is 455 g/mol. The molecule has 166 valence electrons. The number of benzene rings is 1. The molecule has 2 aromatic heterocycles. The highest BCUT2D eigenvalue weighted by Crippen LogP contribution is 2.24. The number of methoxy groups -OCH3 is 2. The van der Waals surface area contributed by atoms with Gasteiger partial charge in [-0.15, -0.1) is 0 Å². The number of nitrogens with one attached hydrogen (secondary N) is 1. The molecular formula is C23H22ClN3O5. The van der Waals surface area contributed by atoms with Crippen molar-refractivity contribution in [3.05, 3.63) is 87.3 Å². The summed E-state index contributed by atoms with van der Waals surface area (Å²) in [5.41, 5.74) is 0.889. The molecule has 1 amide bonds. The van der Waals surface area contributed by atoms with Crippen molar-refractivity contribution in [1.82, 2.24) is 14.9 Å². The molecule has 0 bridgehead atoms. The Balaban J connectivity index is 1.64. The van der Waals surface area contributed by atoms with Gasteiger partial charge in [-0.05, 0) is 48.0 Å². The summed E-state index contributed by atoms with van der Waals surface area (Å²) in [4.78, 5) is 30.6. The minimum absolute atomic E-state index is 0.000391. The summed E-state index contributed by atoms with van der Waals surface area (Å²) in [5, 5.41) is 4.01. The molecular weight excluding hydrogens is 434 g/mol. The maximum absolute atomic E-state index is 13.3. The Labute approximate surface area is 189 Å². The van der Waals surface area contributed by atoms with Crippen molar-refractivity contribution in [3.8, 4) is 0 Å². The Morgan fingerprint density at radius 1 is 1.28 bits per heavy atom. The molecule has 1 aromatic carbocycles. The minimum Gasteiger partial charge on any atom is -0.352 e. The van der Waals surface area contributed by atoms with Crippen LogP contribution in [0.25, 0.3) is 11.0 Å². The van der Waals surface area contributed by atoms with E-state index < -0.39 is 23.5 Å². The van der Waals surface area contributed by atoms with E-state index in [1.165, 1.54) is 18.8 Å². The van der Waals surface area contributed by atoms with Crippen LogP contribution in [0, 0.1) is 0 Å². The summed E-state index contributed by atoms with van der Waals surface area (Å²) < 4.78 is 17.7. The predicted octanol–water partition coefficient (Wildman–Crippen LogP) is 2.73. The van der Waals surface area contributed by atoms with Crippen LogP contribution in [0.2, 0.25) is 5.02 Å². The fourth-order valence-electron chi connectivity index (χ4n) is 3.50. The van der Waals surface area contributed by atoms with Gasteiger partial charge in [0.1, 0.15) is 11.2 Å². The molecule has 32 heavy (non-hydrogen) atoms. The normalized spacial score (nSPS) is 20.0. The summed E-state index contributed by atoms with van der Waals surface area (Å²) in [7, 11) is 2.97. The third-order valence-corrected chi connectivity index (χ3v) is 5.49. The van der Waals surface area contributed by atoms with E-state index in [0.29, 0.717) is 16.1 Å². The molecule has 0 saturated carbocycles. The zero-order valence-electron chi connectivity index (χ0n) is 17.6. The van der Waals surface area contributed by atoms with Crippen molar-refractivity contribution >= 4 is 28.5 Å². The van der Waals surface area contributed by atoms with Gasteiger partial charge in [-0.3, -0.25) is 14.2 Å². The van der Waals surface area contributed by atoms with Crippen molar-refractivity contribution in [3.63, 3.8) is 0 Å². The fourth-order valence-corrected chi connectivity index (χ4v) is 3.63. The van der Waals surface area contributed by atoms with Gasteiger partial charge in [-0.25, -0.2) is 4.98 Å². The highest BCUT2D eigenvalue weighted by Gasteiger charge is 2.36. The van der Waals surface area contributed by atoms with Crippen LogP contribution < -0.4 is 10.9 Å². The Morgan fingerprint density at radius 2 is 2.06 bits per heavy atom. The molecule has 2 atom stereocenters. The van der Waals surface area contributed by atoms with Crippen molar-refractivity contribution < 1.29 is 19.0 Å². The third-order valence-electron chi connectivity index (χ3n) is 5.24. The molecule has 1 aliphatic heterocycles. The van der Waals surface area contributed by atoms with Gasteiger partial charge in [0, 0.05) is 30.8 Å². The van der Waals surface area contributed by atoms with Gasteiger partial charge in [-0.1, -0.05) is 23.7 Å². The maximum Gasteiger partial charge on any atom is 0.265 e. The van der Waals surface area contributed by atoms with Gasteiger partial charge >= 0.3 is 0 Å². The molecule has 0 spiro atoms. The van der Waals surface area contributed by atoms with Gasteiger partial charge in [0.2, 0.25) is 5.79 Å². The number of amides is 1. The fraction of sp³-hybridized carbons (Fsp3) is 0.261. The second-order valence-electron chi connectivity index (χ2n) is 7.27. The minimum atomic E-state index is -1.17. The van der Waals surface area contributed by atoms with Crippen LogP contribution in [0.15, 0.2) is 65.6 Å². The summed E-state index contributed by atoms with van der Waals surface area (Å²) in [6.07, 6.45) is 4.40. The molecule has 1 aliphatic rings. The van der Waals surface area contributed by atoms with E-state index >= 15 is 0 Å². The van der Waals surface area contributed by atoms with Gasteiger partial charge in [0.15, 0.2) is 6.29 Å². The number of pyridine rings is 2. The smallest absolute Gasteiger partial charge is 0.265 e. The molecule has 0 fully saturated rings. The van der Waals surface area contributed by atoms with E-state index in [0.717, 1.165) is 5.56 Å². The van der Waals surface area contributed by atoms with Crippen LogP contribution >= 0.6 is 11.6 Å². The SMILES string of the molecule is COC1C=CC(CNC(=O)c2cc3cccnc3n(Cc3ccc(Cl)cc3)c2=O)(OC)O1. The molecule has 3 heterocycles. The summed E-state index contributed by atoms with van der Waals surface area (Å²) in [6.45, 7) is 0.244. The zero-order valence-corrected chi connectivity index (χ0v) is 18.3. The number of aromatic nitrogens is 2. The maximum atomic E-state index is 13.3. The largest absolute Gasteiger partial charge is 0.352 e. The molecule has 8 nitrogen and oxygen atoms in total. The van der Waals surface area contributed by atoms with Crippen LogP contribution in [0.1, 0.15) is 15.9 Å². The molecule has 9 heteroatoms. The van der Waals surface area contributed by atoms with Gasteiger partial charge in [-0.2, -0.15) is 0 Å². The first-order valence-electron chi connectivity index (χ1n) is 9.91. The molecule has 3 aromatic rings. The lowest BCUT2D eigenvalue weighted by atomic mass is 10.1. The Hall–Kier alpha value is -3.04. The van der Waals surface area contributed by atoms with Gasteiger partial charge < -0.3 is 19.5 Å². The number of ether oxygens (including phenoxy) is 3. The van der Waals surface area contributed by atoms with E-state index in [4.69, 9.17) is 25.8 Å². The molecule has 1 N–H and O–H groups in total. The van der Waals surface area contributed by atoms with E-state index in [-0.39, 0.29) is 18.7 Å². The van der Waals surface area contributed by atoms with Crippen molar-refractivity contribution in [1.29, 1.82) is 0 Å². The second-order valence-corrected chi connectivity index (χ2v) is 7.71. The highest BCUT2D eigenvalue weighted by atomic mass is 35.5. The number of fused-ring (bicyclic) bond motifs is 1. The van der Waals surface area contributed by atoms with E-state index in [1.807, 2.05) is 12.1 Å². The quantitative estimate of drug-likeness (QED) is 0.551. The number of carbonyl (C=O) groups excluding carboxylic acids is 1. The molecule has 4 rings (SSSR count). The molecule has 2 unspecified atom stereocenters. The Morgan fingerprint density at radius 3 is 2.75 bits per heavy atom. The number of hydrogen-bond donors (Lipinski definition) is 1. The number of nitrogens with zero attached hydrogens (tertiary/aromatic N) is 2. The first-order valence-corrected chi connectivity index (χ1v) is 10.3.